The SMILES string of the molecule is COc1ncc(CCC2(N)CC2)c(C(F)(F)F)n1. The first-order chi connectivity index (χ1) is 8.34. The number of nitrogens with two attached hydrogens (primary N) is 1. The van der Waals surface area contributed by atoms with Crippen LogP contribution in [0.2, 0.25) is 0 Å². The third-order valence-corrected chi connectivity index (χ3v) is 3.08. The van der Waals surface area contributed by atoms with Crippen LogP contribution in [-0.2, 0) is 12.6 Å². The van der Waals surface area contributed by atoms with Crippen molar-refractivity contribution < 1.29 is 17.9 Å². The van der Waals surface area contributed by atoms with Crippen molar-refractivity contribution in [3.05, 3.63) is 17.5 Å². The molecule has 0 amide bonds. The van der Waals surface area contributed by atoms with Crippen LogP contribution in [-0.4, -0.2) is 22.6 Å². The standard InChI is InChI=1S/C11H14F3N3O/c1-18-9-16-6-7(2-3-10(15)4-5-10)8(17-9)11(12,13)14/h6H,2-5,15H2,1H3. The summed E-state index contributed by atoms with van der Waals surface area (Å²) in [6.07, 6.45) is -0.852. The largest absolute Gasteiger partial charge is 0.467 e. The number of methoxy groups -OCH3 is 1. The van der Waals surface area contributed by atoms with Gasteiger partial charge in [0.2, 0.25) is 0 Å². The molecule has 2 rings (SSSR count). The lowest BCUT2D eigenvalue weighted by molar-refractivity contribution is -0.142. The monoisotopic (exact) mass is 261 g/mol. The Bertz CT molecular complexity index is 444. The first-order valence-corrected chi connectivity index (χ1v) is 5.60. The van der Waals surface area contributed by atoms with Gasteiger partial charge in [0, 0.05) is 17.3 Å². The van der Waals surface area contributed by atoms with E-state index < -0.39 is 11.9 Å². The fourth-order valence-corrected chi connectivity index (χ4v) is 1.71. The average molecular weight is 261 g/mol. The topological polar surface area (TPSA) is 61.0 Å². The molecule has 0 aromatic carbocycles. The van der Waals surface area contributed by atoms with Gasteiger partial charge in [0.15, 0.2) is 5.69 Å². The lowest BCUT2D eigenvalue weighted by Gasteiger charge is -2.14. The second-order valence-electron chi connectivity index (χ2n) is 4.59. The van der Waals surface area contributed by atoms with Crippen molar-refractivity contribution in [3.63, 3.8) is 0 Å². The van der Waals surface area contributed by atoms with Crippen LogP contribution in [0.5, 0.6) is 6.01 Å². The molecule has 0 spiro atoms. The van der Waals surface area contributed by atoms with E-state index in [1.807, 2.05) is 0 Å². The summed E-state index contributed by atoms with van der Waals surface area (Å²) >= 11 is 0. The molecule has 0 bridgehead atoms. The molecular weight excluding hydrogens is 247 g/mol. The van der Waals surface area contributed by atoms with Gasteiger partial charge in [-0.15, -0.1) is 0 Å². The van der Waals surface area contributed by atoms with Gasteiger partial charge >= 0.3 is 12.2 Å². The minimum atomic E-state index is -4.50. The van der Waals surface area contributed by atoms with Crippen LogP contribution in [0.4, 0.5) is 13.2 Å². The molecule has 2 N–H and O–H groups in total. The first-order valence-electron chi connectivity index (χ1n) is 5.60. The van der Waals surface area contributed by atoms with E-state index in [1.54, 1.807) is 0 Å². The summed E-state index contributed by atoms with van der Waals surface area (Å²) in [6, 6.07) is -0.278. The quantitative estimate of drug-likeness (QED) is 0.899. The highest BCUT2D eigenvalue weighted by Crippen LogP contribution is 2.38. The number of aromatic nitrogens is 2. The van der Waals surface area contributed by atoms with Gasteiger partial charge in [0.05, 0.1) is 7.11 Å². The molecule has 4 nitrogen and oxygen atoms in total. The Balaban J connectivity index is 2.22. The summed E-state index contributed by atoms with van der Waals surface area (Å²) in [5.74, 6) is 0. The van der Waals surface area contributed by atoms with E-state index in [4.69, 9.17) is 5.73 Å². The van der Waals surface area contributed by atoms with Crippen LogP contribution >= 0.6 is 0 Å². The van der Waals surface area contributed by atoms with Gasteiger partial charge in [-0.2, -0.15) is 18.2 Å². The molecule has 0 unspecified atom stereocenters. The number of halogens is 3. The number of alkyl halides is 3. The predicted octanol–water partition coefficient (Wildman–Crippen LogP) is 1.93. The summed E-state index contributed by atoms with van der Waals surface area (Å²) in [5, 5.41) is 0. The Hall–Kier alpha value is -1.37. The van der Waals surface area contributed by atoms with Crippen LogP contribution < -0.4 is 10.5 Å². The van der Waals surface area contributed by atoms with Crippen molar-refractivity contribution in [3.8, 4) is 6.01 Å². The molecule has 1 saturated carbocycles. The fourth-order valence-electron chi connectivity index (χ4n) is 1.71. The van der Waals surface area contributed by atoms with Gasteiger partial charge in [0.25, 0.3) is 0 Å². The van der Waals surface area contributed by atoms with Crippen molar-refractivity contribution in [1.29, 1.82) is 0 Å². The molecule has 1 aromatic heterocycles. The second kappa shape index (κ2) is 4.38. The van der Waals surface area contributed by atoms with Gasteiger partial charge < -0.3 is 10.5 Å². The molecule has 0 aliphatic heterocycles. The summed E-state index contributed by atoms with van der Waals surface area (Å²) in [4.78, 5) is 7.10. The summed E-state index contributed by atoms with van der Waals surface area (Å²) in [6.45, 7) is 0. The normalized spacial score (nSPS) is 17.6. The number of hydrogen-bond acceptors (Lipinski definition) is 4. The van der Waals surface area contributed by atoms with E-state index >= 15 is 0 Å². The van der Waals surface area contributed by atoms with Crippen LogP contribution in [0.3, 0.4) is 0 Å². The average Bonchev–Trinajstić information content (AvgIpc) is 3.04. The minimum Gasteiger partial charge on any atom is -0.467 e. The highest BCUT2D eigenvalue weighted by molar-refractivity contribution is 5.23. The van der Waals surface area contributed by atoms with Gasteiger partial charge in [-0.25, -0.2) is 4.98 Å². The molecule has 1 aliphatic rings. The molecule has 1 aromatic rings. The molecule has 0 radical (unpaired) electrons. The molecule has 0 atom stereocenters. The van der Waals surface area contributed by atoms with Gasteiger partial charge in [-0.1, -0.05) is 0 Å². The molecule has 0 saturated heterocycles. The molecule has 1 aliphatic carbocycles. The van der Waals surface area contributed by atoms with E-state index in [2.05, 4.69) is 14.7 Å². The molecule has 1 fully saturated rings. The van der Waals surface area contributed by atoms with Crippen LogP contribution in [0.15, 0.2) is 6.20 Å². The molecule has 18 heavy (non-hydrogen) atoms. The third-order valence-electron chi connectivity index (χ3n) is 3.08. The third kappa shape index (κ3) is 2.90. The number of aryl methyl sites for hydroxylation is 1. The zero-order chi connectivity index (χ0) is 13.4. The Morgan fingerprint density at radius 3 is 2.61 bits per heavy atom. The second-order valence-corrected chi connectivity index (χ2v) is 4.59. The maximum atomic E-state index is 12.8. The van der Waals surface area contributed by atoms with E-state index in [-0.39, 0.29) is 23.5 Å². The maximum Gasteiger partial charge on any atom is 0.433 e. The maximum absolute atomic E-state index is 12.8. The molecular formula is C11H14F3N3O. The summed E-state index contributed by atoms with van der Waals surface area (Å²) in [5.41, 5.74) is 4.71. The number of hydrogen-bond donors (Lipinski definition) is 1. The van der Waals surface area contributed by atoms with Gasteiger partial charge in [0.1, 0.15) is 0 Å². The number of ether oxygens (including phenoxy) is 1. The van der Waals surface area contributed by atoms with Gasteiger partial charge in [-0.05, 0) is 25.7 Å². The van der Waals surface area contributed by atoms with E-state index in [1.165, 1.54) is 13.3 Å². The number of nitrogens with zero attached hydrogens (tertiary/aromatic N) is 2. The molecule has 1 heterocycles. The molecule has 7 heteroatoms. The first kappa shape index (κ1) is 13.1. The zero-order valence-electron chi connectivity index (χ0n) is 9.92. The lowest BCUT2D eigenvalue weighted by atomic mass is 10.0. The smallest absolute Gasteiger partial charge is 0.433 e. The van der Waals surface area contributed by atoms with Crippen molar-refractivity contribution in [2.24, 2.45) is 5.73 Å². The Labute approximate surface area is 102 Å². The van der Waals surface area contributed by atoms with Crippen molar-refractivity contribution in [1.82, 2.24) is 9.97 Å². The fraction of sp³-hybridized carbons (Fsp3) is 0.636. The Kier molecular flexibility index (Phi) is 3.18. The van der Waals surface area contributed by atoms with Crippen LogP contribution in [0.1, 0.15) is 30.5 Å². The van der Waals surface area contributed by atoms with Crippen LogP contribution in [0.25, 0.3) is 0 Å². The minimum absolute atomic E-state index is 0.0695. The predicted molar refractivity (Wildman–Crippen MR) is 58.1 cm³/mol. The van der Waals surface area contributed by atoms with E-state index in [9.17, 15) is 13.2 Å². The summed E-state index contributed by atoms with van der Waals surface area (Å²) < 4.78 is 43.1. The van der Waals surface area contributed by atoms with Gasteiger partial charge in [-0.3, -0.25) is 0 Å². The number of rotatable bonds is 4. The Morgan fingerprint density at radius 1 is 1.44 bits per heavy atom. The van der Waals surface area contributed by atoms with Crippen molar-refractivity contribution in [2.45, 2.75) is 37.4 Å². The highest BCUT2D eigenvalue weighted by Gasteiger charge is 2.40. The van der Waals surface area contributed by atoms with Crippen LogP contribution in [0, 0.1) is 0 Å². The summed E-state index contributed by atoms with van der Waals surface area (Å²) in [7, 11) is 1.23. The zero-order valence-corrected chi connectivity index (χ0v) is 9.92. The van der Waals surface area contributed by atoms with Crippen molar-refractivity contribution in [2.75, 3.05) is 7.11 Å². The van der Waals surface area contributed by atoms with Crippen molar-refractivity contribution >= 4 is 0 Å². The lowest BCUT2D eigenvalue weighted by Crippen LogP contribution is -2.23. The highest BCUT2D eigenvalue weighted by atomic mass is 19.4. The Morgan fingerprint density at radius 2 is 2.11 bits per heavy atom. The van der Waals surface area contributed by atoms with E-state index in [0.717, 1.165) is 12.8 Å². The van der Waals surface area contributed by atoms with E-state index in [0.29, 0.717) is 6.42 Å². The molecule has 100 valence electrons.